The van der Waals surface area contributed by atoms with Crippen molar-refractivity contribution in [2.45, 2.75) is 80.7 Å². The Morgan fingerprint density at radius 3 is 1.92 bits per heavy atom. The standard InChI is InChI=1S/C16H19NO.4C2H6/c1-17-12-6-11-16(10-5-9-14(16)18)15(17)13-7-3-2-4-8-13;4*1-2/h2-5,7-9,15H,6,10-12H2,1H3;4*1-2H3. The zero-order valence-electron chi connectivity index (χ0n) is 18.8. The topological polar surface area (TPSA) is 20.3 Å². The van der Waals surface area contributed by atoms with Crippen LogP contribution in [-0.2, 0) is 4.79 Å². The molecule has 1 aliphatic carbocycles. The van der Waals surface area contributed by atoms with Gasteiger partial charge in [-0.2, -0.15) is 0 Å². The molecule has 0 radical (unpaired) electrons. The molecule has 1 fully saturated rings. The van der Waals surface area contributed by atoms with Gasteiger partial charge in [-0.25, -0.2) is 0 Å². The van der Waals surface area contributed by atoms with Crippen LogP contribution < -0.4 is 0 Å². The molecule has 1 aliphatic heterocycles. The first-order valence-electron chi connectivity index (χ1n) is 10.7. The van der Waals surface area contributed by atoms with Crippen LogP contribution in [0.2, 0.25) is 0 Å². The van der Waals surface area contributed by atoms with E-state index in [1.54, 1.807) is 6.08 Å². The van der Waals surface area contributed by atoms with Gasteiger partial charge >= 0.3 is 0 Å². The van der Waals surface area contributed by atoms with Crippen molar-refractivity contribution in [1.82, 2.24) is 4.90 Å². The number of allylic oxidation sites excluding steroid dienone is 2. The third-order valence-electron chi connectivity index (χ3n) is 4.46. The van der Waals surface area contributed by atoms with Gasteiger partial charge in [-0.1, -0.05) is 91.8 Å². The van der Waals surface area contributed by atoms with E-state index in [9.17, 15) is 4.79 Å². The highest BCUT2D eigenvalue weighted by atomic mass is 16.1. The molecule has 1 aromatic rings. The molecule has 0 N–H and O–H groups in total. The Hall–Kier alpha value is -1.41. The first-order valence-corrected chi connectivity index (χ1v) is 10.7. The van der Waals surface area contributed by atoms with Crippen LogP contribution in [-0.4, -0.2) is 24.3 Å². The van der Waals surface area contributed by atoms with E-state index in [2.05, 4.69) is 42.3 Å². The largest absolute Gasteiger partial charge is 0.298 e. The fraction of sp³-hybridized carbons (Fsp3) is 0.625. The summed E-state index contributed by atoms with van der Waals surface area (Å²) >= 11 is 0. The highest BCUT2D eigenvalue weighted by Crippen LogP contribution is 2.50. The molecular weight excluding hydrogens is 318 g/mol. The molecule has 26 heavy (non-hydrogen) atoms. The predicted molar refractivity (Wildman–Crippen MR) is 118 cm³/mol. The summed E-state index contributed by atoms with van der Waals surface area (Å²) in [7, 11) is 2.14. The van der Waals surface area contributed by atoms with Crippen molar-refractivity contribution in [3.05, 3.63) is 48.0 Å². The molecule has 1 spiro atoms. The van der Waals surface area contributed by atoms with Crippen molar-refractivity contribution >= 4 is 5.78 Å². The quantitative estimate of drug-likeness (QED) is 0.533. The van der Waals surface area contributed by atoms with Gasteiger partial charge in [0.1, 0.15) is 0 Å². The van der Waals surface area contributed by atoms with Gasteiger partial charge in [-0.15, -0.1) is 0 Å². The second-order valence-electron chi connectivity index (χ2n) is 5.52. The van der Waals surface area contributed by atoms with Gasteiger partial charge in [0.15, 0.2) is 5.78 Å². The monoisotopic (exact) mass is 361 g/mol. The second-order valence-corrected chi connectivity index (χ2v) is 5.52. The van der Waals surface area contributed by atoms with Crippen molar-refractivity contribution in [2.24, 2.45) is 5.41 Å². The number of hydrogen-bond donors (Lipinski definition) is 0. The maximum absolute atomic E-state index is 12.4. The minimum Gasteiger partial charge on any atom is -0.298 e. The summed E-state index contributed by atoms with van der Waals surface area (Å²) in [6.45, 7) is 17.1. The van der Waals surface area contributed by atoms with E-state index in [1.807, 2.05) is 61.5 Å². The van der Waals surface area contributed by atoms with Gasteiger partial charge < -0.3 is 0 Å². The van der Waals surface area contributed by atoms with Crippen molar-refractivity contribution in [1.29, 1.82) is 0 Å². The van der Waals surface area contributed by atoms with Crippen LogP contribution in [0.15, 0.2) is 42.5 Å². The van der Waals surface area contributed by atoms with E-state index >= 15 is 0 Å². The molecule has 0 amide bonds. The zero-order valence-corrected chi connectivity index (χ0v) is 18.8. The Morgan fingerprint density at radius 2 is 1.46 bits per heavy atom. The van der Waals surface area contributed by atoms with Crippen molar-refractivity contribution in [2.75, 3.05) is 13.6 Å². The van der Waals surface area contributed by atoms with Gasteiger partial charge in [-0.3, -0.25) is 9.69 Å². The molecule has 2 aliphatic rings. The lowest BCUT2D eigenvalue weighted by molar-refractivity contribution is -0.129. The van der Waals surface area contributed by atoms with E-state index in [0.717, 1.165) is 25.8 Å². The summed E-state index contributed by atoms with van der Waals surface area (Å²) in [4.78, 5) is 14.7. The first kappa shape index (κ1) is 26.8. The number of likely N-dealkylation sites (tertiary alicyclic amines) is 1. The SMILES string of the molecule is CC.CC.CC.CC.CN1CCCC2(CC=CC2=O)C1c1ccccc1. The summed E-state index contributed by atoms with van der Waals surface area (Å²) in [5.74, 6) is 0.322. The summed E-state index contributed by atoms with van der Waals surface area (Å²) in [5.41, 5.74) is 1.07. The van der Waals surface area contributed by atoms with Gasteiger partial charge in [0, 0.05) is 6.04 Å². The van der Waals surface area contributed by atoms with Crippen molar-refractivity contribution in [3.63, 3.8) is 0 Å². The van der Waals surface area contributed by atoms with E-state index in [0.29, 0.717) is 5.78 Å². The van der Waals surface area contributed by atoms with Gasteiger partial charge in [0.05, 0.1) is 5.41 Å². The number of hydrogen-bond acceptors (Lipinski definition) is 2. The normalized spacial score (nSPS) is 23.3. The molecule has 2 unspecified atom stereocenters. The van der Waals surface area contributed by atoms with Gasteiger partial charge in [-0.05, 0) is 44.5 Å². The van der Waals surface area contributed by atoms with Crippen LogP contribution >= 0.6 is 0 Å². The molecule has 0 saturated carbocycles. The zero-order chi connectivity index (χ0) is 20.6. The van der Waals surface area contributed by atoms with Crippen LogP contribution in [0.4, 0.5) is 0 Å². The van der Waals surface area contributed by atoms with Crippen LogP contribution in [0.3, 0.4) is 0 Å². The van der Waals surface area contributed by atoms with E-state index in [4.69, 9.17) is 0 Å². The Bertz CT molecular complexity index is 480. The maximum Gasteiger partial charge on any atom is 0.163 e. The second kappa shape index (κ2) is 15.8. The molecule has 0 bridgehead atoms. The summed E-state index contributed by atoms with van der Waals surface area (Å²) in [6, 6.07) is 10.7. The Morgan fingerprint density at radius 1 is 0.923 bits per heavy atom. The number of benzene rings is 1. The minimum atomic E-state index is -0.200. The molecular formula is C24H43NO. The molecule has 2 nitrogen and oxygen atoms in total. The van der Waals surface area contributed by atoms with Crippen LogP contribution in [0.5, 0.6) is 0 Å². The summed E-state index contributed by atoms with van der Waals surface area (Å²) in [6.07, 6.45) is 6.87. The van der Waals surface area contributed by atoms with E-state index in [-0.39, 0.29) is 11.5 Å². The highest BCUT2D eigenvalue weighted by Gasteiger charge is 2.49. The molecule has 1 heterocycles. The average molecular weight is 362 g/mol. The number of rotatable bonds is 1. The number of ketones is 1. The van der Waals surface area contributed by atoms with Crippen LogP contribution in [0.1, 0.15) is 86.3 Å². The van der Waals surface area contributed by atoms with Crippen molar-refractivity contribution in [3.8, 4) is 0 Å². The lowest BCUT2D eigenvalue weighted by Crippen LogP contribution is -2.46. The minimum absolute atomic E-state index is 0.200. The Labute approximate surface area is 163 Å². The molecule has 2 atom stereocenters. The Kier molecular flexibility index (Phi) is 16.3. The fourth-order valence-electron chi connectivity index (χ4n) is 3.65. The maximum atomic E-state index is 12.4. The lowest BCUT2D eigenvalue weighted by Gasteiger charge is -2.46. The van der Waals surface area contributed by atoms with E-state index in [1.165, 1.54) is 5.56 Å². The molecule has 150 valence electrons. The predicted octanol–water partition coefficient (Wildman–Crippen LogP) is 7.07. The lowest BCUT2D eigenvalue weighted by atomic mass is 9.68. The average Bonchev–Trinajstić information content (AvgIpc) is 3.09. The Balaban J connectivity index is 0. The fourth-order valence-corrected chi connectivity index (χ4v) is 3.65. The number of nitrogens with zero attached hydrogens (tertiary/aromatic N) is 1. The highest BCUT2D eigenvalue weighted by molar-refractivity contribution is 5.98. The van der Waals surface area contributed by atoms with Gasteiger partial charge in [0.25, 0.3) is 0 Å². The number of carbonyl (C=O) groups is 1. The first-order chi connectivity index (χ1) is 12.7. The molecule has 1 saturated heterocycles. The van der Waals surface area contributed by atoms with Gasteiger partial charge in [0.2, 0.25) is 0 Å². The summed E-state index contributed by atoms with van der Waals surface area (Å²) in [5, 5.41) is 0. The molecule has 0 aromatic heterocycles. The molecule has 3 rings (SSSR count). The summed E-state index contributed by atoms with van der Waals surface area (Å²) < 4.78 is 0. The molecule has 1 aromatic carbocycles. The third-order valence-corrected chi connectivity index (χ3v) is 4.46. The number of piperidine rings is 1. The smallest absolute Gasteiger partial charge is 0.163 e. The van der Waals surface area contributed by atoms with Crippen molar-refractivity contribution < 1.29 is 4.79 Å². The third kappa shape index (κ3) is 6.39. The van der Waals surface area contributed by atoms with Crippen LogP contribution in [0, 0.1) is 5.41 Å². The molecule has 2 heteroatoms. The van der Waals surface area contributed by atoms with Crippen LogP contribution in [0.25, 0.3) is 0 Å². The number of carbonyl (C=O) groups excluding carboxylic acids is 1. The van der Waals surface area contributed by atoms with E-state index < -0.39 is 0 Å².